The fraction of sp³-hybridized carbons (Fsp3) is 0.111. The van der Waals surface area contributed by atoms with Crippen molar-refractivity contribution >= 4 is 38.4 Å². The number of aliphatic hydroxyl groups is 1. The molecule has 0 fully saturated rings. The normalized spacial score (nSPS) is 11.9. The molecule has 1 aromatic heterocycles. The van der Waals surface area contributed by atoms with E-state index >= 15 is 0 Å². The summed E-state index contributed by atoms with van der Waals surface area (Å²) in [4.78, 5) is 16.2. The van der Waals surface area contributed by atoms with E-state index in [1.54, 1.807) is 12.4 Å². The highest BCUT2D eigenvalue weighted by Crippen LogP contribution is 2.22. The van der Waals surface area contributed by atoms with Crippen LogP contribution in [0.2, 0.25) is 0 Å². The van der Waals surface area contributed by atoms with Crippen LogP contribution < -0.4 is 10.6 Å². The van der Waals surface area contributed by atoms with E-state index in [1.165, 1.54) is 0 Å². The Morgan fingerprint density at radius 3 is 2.75 bits per heavy atom. The first-order valence-electron chi connectivity index (χ1n) is 7.44. The third kappa shape index (κ3) is 3.90. The lowest BCUT2D eigenvalue weighted by molar-refractivity contribution is 0.175. The third-order valence-electron chi connectivity index (χ3n) is 3.64. The molecule has 122 valence electrons. The molecule has 2 aromatic carbocycles. The highest BCUT2D eigenvalue weighted by molar-refractivity contribution is 9.10. The molecule has 0 spiro atoms. The lowest BCUT2D eigenvalue weighted by Crippen LogP contribution is -2.32. The highest BCUT2D eigenvalue weighted by atomic mass is 79.9. The number of fused-ring (bicyclic) bond motifs is 1. The molecule has 3 N–H and O–H groups in total. The molecule has 0 saturated carbocycles. The van der Waals surface area contributed by atoms with Crippen molar-refractivity contribution in [1.29, 1.82) is 0 Å². The Morgan fingerprint density at radius 2 is 1.96 bits per heavy atom. The number of pyridine rings is 1. The SMILES string of the molecule is O=C(NCC(O)c1ccc(Br)cc1)Nc1cccc2cnccc12. The van der Waals surface area contributed by atoms with Gasteiger partial charge in [-0.15, -0.1) is 0 Å². The van der Waals surface area contributed by atoms with Crippen molar-refractivity contribution in [2.75, 3.05) is 11.9 Å². The number of amides is 2. The number of aromatic nitrogens is 1. The van der Waals surface area contributed by atoms with Crippen molar-refractivity contribution in [3.63, 3.8) is 0 Å². The van der Waals surface area contributed by atoms with Gasteiger partial charge in [-0.25, -0.2) is 4.79 Å². The van der Waals surface area contributed by atoms with Crippen molar-refractivity contribution in [3.8, 4) is 0 Å². The van der Waals surface area contributed by atoms with Gasteiger partial charge < -0.3 is 15.7 Å². The predicted molar refractivity (Wildman–Crippen MR) is 97.9 cm³/mol. The molecular formula is C18H16BrN3O2. The van der Waals surface area contributed by atoms with Gasteiger partial charge in [0.2, 0.25) is 0 Å². The fourth-order valence-corrected chi connectivity index (χ4v) is 2.65. The van der Waals surface area contributed by atoms with Gasteiger partial charge in [-0.3, -0.25) is 4.98 Å². The van der Waals surface area contributed by atoms with E-state index < -0.39 is 6.10 Å². The van der Waals surface area contributed by atoms with Crippen molar-refractivity contribution in [2.45, 2.75) is 6.10 Å². The molecule has 0 bridgehead atoms. The van der Waals surface area contributed by atoms with Crippen LogP contribution >= 0.6 is 15.9 Å². The predicted octanol–water partition coefficient (Wildman–Crippen LogP) is 3.85. The number of benzene rings is 2. The summed E-state index contributed by atoms with van der Waals surface area (Å²) < 4.78 is 0.939. The standard InChI is InChI=1S/C18H16BrN3O2/c19-14-6-4-12(5-7-14)17(23)11-21-18(24)22-16-3-1-2-13-10-20-9-8-15(13)16/h1-10,17,23H,11H2,(H2,21,22,24). The van der Waals surface area contributed by atoms with Crippen LogP contribution in [0.3, 0.4) is 0 Å². The second-order valence-corrected chi connectivity index (χ2v) is 6.22. The van der Waals surface area contributed by atoms with Gasteiger partial charge in [0.05, 0.1) is 11.8 Å². The summed E-state index contributed by atoms with van der Waals surface area (Å²) in [6.45, 7) is 0.125. The number of rotatable bonds is 4. The summed E-state index contributed by atoms with van der Waals surface area (Å²) in [6, 6.07) is 14.4. The fourth-order valence-electron chi connectivity index (χ4n) is 2.39. The zero-order valence-electron chi connectivity index (χ0n) is 12.7. The number of aliphatic hydroxyl groups excluding tert-OH is 1. The summed E-state index contributed by atoms with van der Waals surface area (Å²) in [5.41, 5.74) is 1.44. The zero-order chi connectivity index (χ0) is 16.9. The van der Waals surface area contributed by atoms with Crippen LogP contribution in [0.1, 0.15) is 11.7 Å². The first kappa shape index (κ1) is 16.4. The molecule has 0 aliphatic heterocycles. The van der Waals surface area contributed by atoms with Crippen LogP contribution in [-0.4, -0.2) is 22.7 Å². The Balaban J connectivity index is 1.62. The van der Waals surface area contributed by atoms with Gasteiger partial charge >= 0.3 is 6.03 Å². The molecule has 5 nitrogen and oxygen atoms in total. The Kier molecular flexibility index (Phi) is 5.08. The molecule has 2 amide bonds. The maximum atomic E-state index is 12.1. The number of hydrogen-bond donors (Lipinski definition) is 3. The average Bonchev–Trinajstić information content (AvgIpc) is 2.61. The van der Waals surface area contributed by atoms with E-state index in [9.17, 15) is 9.90 Å². The van der Waals surface area contributed by atoms with Gasteiger partial charge in [-0.2, -0.15) is 0 Å². The number of carbonyl (C=O) groups excluding carboxylic acids is 1. The van der Waals surface area contributed by atoms with Gasteiger partial charge in [-0.1, -0.05) is 40.2 Å². The number of nitrogens with zero attached hydrogens (tertiary/aromatic N) is 1. The third-order valence-corrected chi connectivity index (χ3v) is 4.17. The number of anilines is 1. The van der Waals surface area contributed by atoms with Gasteiger partial charge in [0.1, 0.15) is 0 Å². The summed E-state index contributed by atoms with van der Waals surface area (Å²) in [7, 11) is 0. The Labute approximate surface area is 147 Å². The first-order valence-corrected chi connectivity index (χ1v) is 8.24. The molecule has 3 rings (SSSR count). The van der Waals surface area contributed by atoms with Crippen molar-refractivity contribution in [3.05, 3.63) is 71.0 Å². The molecule has 1 atom stereocenters. The lowest BCUT2D eigenvalue weighted by Gasteiger charge is -2.14. The number of urea groups is 1. The quantitative estimate of drug-likeness (QED) is 0.638. The number of carbonyl (C=O) groups is 1. The van der Waals surface area contributed by atoms with Crippen molar-refractivity contribution in [1.82, 2.24) is 10.3 Å². The van der Waals surface area contributed by atoms with Gasteiger partial charge in [0.15, 0.2) is 0 Å². The second kappa shape index (κ2) is 7.42. The Bertz CT molecular complexity index is 847. The smallest absolute Gasteiger partial charge is 0.319 e. The second-order valence-electron chi connectivity index (χ2n) is 5.30. The van der Waals surface area contributed by atoms with Crippen LogP contribution in [0, 0.1) is 0 Å². The maximum Gasteiger partial charge on any atom is 0.319 e. The summed E-state index contributed by atoms with van der Waals surface area (Å²) in [6.07, 6.45) is 2.67. The molecular weight excluding hydrogens is 370 g/mol. The average molecular weight is 386 g/mol. The molecule has 6 heteroatoms. The molecule has 0 radical (unpaired) electrons. The van der Waals surface area contributed by atoms with Crippen LogP contribution in [0.25, 0.3) is 10.8 Å². The van der Waals surface area contributed by atoms with Crippen LogP contribution in [0.4, 0.5) is 10.5 Å². The van der Waals surface area contributed by atoms with E-state index in [0.29, 0.717) is 5.69 Å². The minimum absolute atomic E-state index is 0.125. The summed E-state index contributed by atoms with van der Waals surface area (Å²) in [5.74, 6) is 0. The summed E-state index contributed by atoms with van der Waals surface area (Å²) >= 11 is 3.35. The molecule has 0 saturated heterocycles. The number of nitrogens with one attached hydrogen (secondary N) is 2. The van der Waals surface area contributed by atoms with Gasteiger partial charge in [0.25, 0.3) is 0 Å². The molecule has 24 heavy (non-hydrogen) atoms. The van der Waals surface area contributed by atoms with E-state index in [0.717, 1.165) is 20.8 Å². The maximum absolute atomic E-state index is 12.1. The number of hydrogen-bond acceptors (Lipinski definition) is 3. The van der Waals surface area contributed by atoms with Gasteiger partial charge in [-0.05, 0) is 29.8 Å². The molecule has 0 aliphatic carbocycles. The van der Waals surface area contributed by atoms with Crippen LogP contribution in [-0.2, 0) is 0 Å². The largest absolute Gasteiger partial charge is 0.387 e. The van der Waals surface area contributed by atoms with E-state index in [1.807, 2.05) is 48.5 Å². The monoisotopic (exact) mass is 385 g/mol. The Morgan fingerprint density at radius 1 is 1.17 bits per heavy atom. The van der Waals surface area contributed by atoms with E-state index in [-0.39, 0.29) is 12.6 Å². The molecule has 1 unspecified atom stereocenters. The van der Waals surface area contributed by atoms with Crippen molar-refractivity contribution < 1.29 is 9.90 Å². The highest BCUT2D eigenvalue weighted by Gasteiger charge is 2.10. The first-order chi connectivity index (χ1) is 11.6. The number of halogens is 1. The van der Waals surface area contributed by atoms with Crippen LogP contribution in [0.5, 0.6) is 0 Å². The molecule has 0 aliphatic rings. The molecule has 3 aromatic rings. The minimum atomic E-state index is -0.763. The minimum Gasteiger partial charge on any atom is -0.387 e. The van der Waals surface area contributed by atoms with E-state index in [2.05, 4.69) is 31.5 Å². The molecule has 1 heterocycles. The van der Waals surface area contributed by atoms with Crippen molar-refractivity contribution in [2.24, 2.45) is 0 Å². The zero-order valence-corrected chi connectivity index (χ0v) is 14.3. The van der Waals surface area contributed by atoms with Crippen LogP contribution in [0.15, 0.2) is 65.4 Å². The topological polar surface area (TPSA) is 74.2 Å². The van der Waals surface area contributed by atoms with Gasteiger partial charge in [0, 0.05) is 34.2 Å². The lowest BCUT2D eigenvalue weighted by atomic mass is 10.1. The summed E-state index contributed by atoms with van der Waals surface area (Å²) in [5, 5.41) is 17.5. The Hall–Kier alpha value is -2.44. The van der Waals surface area contributed by atoms with E-state index in [4.69, 9.17) is 0 Å².